The second-order valence-electron chi connectivity index (χ2n) is 10.2. The van der Waals surface area contributed by atoms with Crippen LogP contribution >= 0.6 is 11.6 Å². The van der Waals surface area contributed by atoms with E-state index in [9.17, 15) is 14.4 Å². The van der Waals surface area contributed by atoms with Crippen molar-refractivity contribution in [2.24, 2.45) is 0 Å². The van der Waals surface area contributed by atoms with Crippen molar-refractivity contribution in [3.05, 3.63) is 77.0 Å². The van der Waals surface area contributed by atoms with Gasteiger partial charge >= 0.3 is 6.09 Å². The Hall–Kier alpha value is -3.66. The molecule has 1 aliphatic carbocycles. The summed E-state index contributed by atoms with van der Waals surface area (Å²) in [5.74, 6) is 0.214. The Kier molecular flexibility index (Phi) is 8.54. The molecule has 5 rings (SSSR count). The van der Waals surface area contributed by atoms with Gasteiger partial charge in [0.1, 0.15) is 12.3 Å². The summed E-state index contributed by atoms with van der Waals surface area (Å²) in [6.07, 6.45) is 3.30. The van der Waals surface area contributed by atoms with Crippen molar-refractivity contribution in [2.75, 3.05) is 51.8 Å². The molecule has 2 unspecified atom stereocenters. The quantitative estimate of drug-likeness (QED) is 0.512. The van der Waals surface area contributed by atoms with Gasteiger partial charge in [0.05, 0.1) is 25.3 Å². The smallest absolute Gasteiger partial charge is 0.412 e. The van der Waals surface area contributed by atoms with Crippen molar-refractivity contribution in [3.63, 3.8) is 0 Å². The highest BCUT2D eigenvalue weighted by Crippen LogP contribution is 2.33. The third-order valence-electron chi connectivity index (χ3n) is 7.47. The SMILES string of the molecule is CC(=O)Nc1cccc(-c2ccc(C(CN3CCOCC3)N(C)C(=O)CN3C(=O)OC4=CC=C(Cl)CC43)cc2)c1. The number of nitrogens with one attached hydrogen (secondary N) is 1. The average Bonchev–Trinajstić information content (AvgIpc) is 3.25. The number of ether oxygens (including phenoxy) is 2. The summed E-state index contributed by atoms with van der Waals surface area (Å²) in [5.41, 5.74) is 3.69. The molecule has 40 heavy (non-hydrogen) atoms. The fraction of sp³-hybridized carbons (Fsp3) is 0.367. The number of halogens is 1. The van der Waals surface area contributed by atoms with Crippen LogP contribution in [0.3, 0.4) is 0 Å². The molecule has 2 aromatic rings. The van der Waals surface area contributed by atoms with Crippen LogP contribution in [0.25, 0.3) is 11.1 Å². The van der Waals surface area contributed by atoms with Crippen molar-refractivity contribution in [1.82, 2.24) is 14.7 Å². The first kappa shape index (κ1) is 27.9. The summed E-state index contributed by atoms with van der Waals surface area (Å²) >= 11 is 6.22. The minimum Gasteiger partial charge on any atom is -0.412 e. The first-order chi connectivity index (χ1) is 19.3. The van der Waals surface area contributed by atoms with Gasteiger partial charge in [0.15, 0.2) is 0 Å². The van der Waals surface area contributed by atoms with E-state index in [1.807, 2.05) is 48.5 Å². The van der Waals surface area contributed by atoms with Crippen LogP contribution < -0.4 is 5.32 Å². The molecular weight excluding hydrogens is 532 g/mol. The first-order valence-electron chi connectivity index (χ1n) is 13.4. The lowest BCUT2D eigenvalue weighted by molar-refractivity contribution is -0.133. The number of rotatable bonds is 8. The Labute approximate surface area is 239 Å². The molecule has 210 valence electrons. The number of hydrogen-bond donors (Lipinski definition) is 1. The minimum atomic E-state index is -0.534. The van der Waals surface area contributed by atoms with Crippen molar-refractivity contribution in [2.45, 2.75) is 25.4 Å². The second kappa shape index (κ2) is 12.2. The van der Waals surface area contributed by atoms with Crippen LogP contribution in [0.1, 0.15) is 24.9 Å². The molecule has 2 aliphatic heterocycles. The van der Waals surface area contributed by atoms with Gasteiger partial charge in [0.2, 0.25) is 11.8 Å². The van der Waals surface area contributed by atoms with Gasteiger partial charge in [-0.3, -0.25) is 19.4 Å². The molecule has 2 saturated heterocycles. The van der Waals surface area contributed by atoms with Crippen LogP contribution in [0, 0.1) is 0 Å². The predicted octanol–water partition coefficient (Wildman–Crippen LogP) is 4.37. The van der Waals surface area contributed by atoms with Gasteiger partial charge in [0, 0.05) is 50.7 Å². The van der Waals surface area contributed by atoms with E-state index in [2.05, 4.69) is 10.2 Å². The van der Waals surface area contributed by atoms with Crippen LogP contribution in [-0.2, 0) is 19.1 Å². The fourth-order valence-corrected chi connectivity index (χ4v) is 5.46. The topological polar surface area (TPSA) is 91.4 Å². The number of carbonyl (C=O) groups is 3. The standard InChI is InChI=1S/C30H33ClN4O5/c1-20(36)32-25-5-3-4-23(16-25)21-6-8-22(9-7-21)27(18-34-12-14-39-15-13-34)33(2)29(37)19-35-26-17-24(31)10-11-28(26)40-30(35)38/h3-11,16,26-27H,12-15,17-19H2,1-2H3,(H,32,36). The molecule has 10 heteroatoms. The molecule has 2 heterocycles. The molecule has 2 fully saturated rings. The van der Waals surface area contributed by atoms with E-state index in [1.54, 1.807) is 24.1 Å². The molecule has 3 amide bonds. The van der Waals surface area contributed by atoms with Crippen LogP contribution in [0.15, 0.2) is 71.5 Å². The van der Waals surface area contributed by atoms with Gasteiger partial charge in [-0.15, -0.1) is 0 Å². The van der Waals surface area contributed by atoms with Gasteiger partial charge in [-0.2, -0.15) is 0 Å². The maximum Gasteiger partial charge on any atom is 0.416 e. The third-order valence-corrected chi connectivity index (χ3v) is 7.75. The number of morpholine rings is 1. The van der Waals surface area contributed by atoms with Gasteiger partial charge in [-0.25, -0.2) is 4.79 Å². The molecule has 0 aromatic heterocycles. The number of benzene rings is 2. The zero-order chi connectivity index (χ0) is 28.2. The number of amides is 3. The van der Waals surface area contributed by atoms with E-state index in [-0.39, 0.29) is 30.4 Å². The normalized spacial score (nSPS) is 19.7. The van der Waals surface area contributed by atoms with Crippen molar-refractivity contribution in [1.29, 1.82) is 0 Å². The number of carbonyl (C=O) groups excluding carboxylic acids is 3. The van der Waals surface area contributed by atoms with E-state index >= 15 is 0 Å². The molecule has 1 N–H and O–H groups in total. The third kappa shape index (κ3) is 6.38. The van der Waals surface area contributed by atoms with Gasteiger partial charge in [0.25, 0.3) is 0 Å². The Morgan fingerprint density at radius 2 is 1.85 bits per heavy atom. The van der Waals surface area contributed by atoms with Gasteiger partial charge in [-0.1, -0.05) is 48.0 Å². The second-order valence-corrected chi connectivity index (χ2v) is 10.7. The highest BCUT2D eigenvalue weighted by atomic mass is 35.5. The molecule has 0 spiro atoms. The summed E-state index contributed by atoms with van der Waals surface area (Å²) < 4.78 is 10.9. The van der Waals surface area contributed by atoms with Crippen molar-refractivity contribution < 1.29 is 23.9 Å². The summed E-state index contributed by atoms with van der Waals surface area (Å²) in [6, 6.07) is 15.2. The predicted molar refractivity (Wildman–Crippen MR) is 153 cm³/mol. The van der Waals surface area contributed by atoms with E-state index in [0.29, 0.717) is 37.0 Å². The molecule has 2 atom stereocenters. The molecule has 2 aromatic carbocycles. The minimum absolute atomic E-state index is 0.102. The molecule has 9 nitrogen and oxygen atoms in total. The van der Waals surface area contributed by atoms with Crippen molar-refractivity contribution in [3.8, 4) is 11.1 Å². The molecule has 0 saturated carbocycles. The highest BCUT2D eigenvalue weighted by Gasteiger charge is 2.41. The van der Waals surface area contributed by atoms with Crippen LogP contribution in [0.2, 0.25) is 0 Å². The van der Waals surface area contributed by atoms with Crippen LogP contribution in [0.4, 0.5) is 10.5 Å². The number of hydrogen-bond acceptors (Lipinski definition) is 6. The lowest BCUT2D eigenvalue weighted by atomic mass is 9.99. The lowest BCUT2D eigenvalue weighted by Crippen LogP contribution is -2.47. The Morgan fingerprint density at radius 3 is 2.58 bits per heavy atom. The van der Waals surface area contributed by atoms with E-state index < -0.39 is 6.09 Å². The molecule has 0 radical (unpaired) electrons. The van der Waals surface area contributed by atoms with Gasteiger partial charge < -0.3 is 19.7 Å². The molecular formula is C30H33ClN4O5. The molecule has 3 aliphatic rings. The number of nitrogens with zero attached hydrogens (tertiary/aromatic N) is 3. The zero-order valence-electron chi connectivity index (χ0n) is 22.6. The Morgan fingerprint density at radius 1 is 1.10 bits per heavy atom. The summed E-state index contributed by atoms with van der Waals surface area (Å²) in [5, 5.41) is 3.44. The van der Waals surface area contributed by atoms with E-state index in [1.165, 1.54) is 11.8 Å². The fourth-order valence-electron chi connectivity index (χ4n) is 5.25. The average molecular weight is 565 g/mol. The number of likely N-dealkylation sites (N-methyl/N-ethyl adjacent to an activating group) is 1. The van der Waals surface area contributed by atoms with Crippen LogP contribution in [0.5, 0.6) is 0 Å². The zero-order valence-corrected chi connectivity index (χ0v) is 23.4. The maximum absolute atomic E-state index is 13.6. The number of fused-ring (bicyclic) bond motifs is 1. The summed E-state index contributed by atoms with van der Waals surface area (Å²) in [6.45, 7) is 4.89. The van der Waals surface area contributed by atoms with Crippen LogP contribution in [-0.4, -0.2) is 85.1 Å². The van der Waals surface area contributed by atoms with Gasteiger partial charge in [-0.05, 0) is 41.0 Å². The highest BCUT2D eigenvalue weighted by molar-refractivity contribution is 6.29. The number of anilines is 1. The largest absolute Gasteiger partial charge is 0.416 e. The monoisotopic (exact) mass is 564 g/mol. The Bertz CT molecular complexity index is 1340. The van der Waals surface area contributed by atoms with E-state index in [0.717, 1.165) is 35.5 Å². The maximum atomic E-state index is 13.6. The number of allylic oxidation sites excluding steroid dienone is 2. The van der Waals surface area contributed by atoms with E-state index in [4.69, 9.17) is 21.1 Å². The summed E-state index contributed by atoms with van der Waals surface area (Å²) in [7, 11) is 1.78. The van der Waals surface area contributed by atoms with Crippen molar-refractivity contribution >= 4 is 35.2 Å². The molecule has 0 bridgehead atoms. The Balaban J connectivity index is 1.35. The summed E-state index contributed by atoms with van der Waals surface area (Å²) in [4.78, 5) is 43.1. The first-order valence-corrected chi connectivity index (χ1v) is 13.7. The lowest BCUT2D eigenvalue weighted by Gasteiger charge is -2.36.